The average Bonchev–Trinajstić information content (AvgIpc) is 2.34. The minimum atomic E-state index is 0.135. The Morgan fingerprint density at radius 3 is 2.79 bits per heavy atom. The monoisotopic (exact) mass is 257 g/mol. The molecule has 2 rings (SSSR count). The first-order valence-corrected chi connectivity index (χ1v) is 6.85. The Labute approximate surface area is 116 Å². The number of anilines is 1. The van der Waals surface area contributed by atoms with Crippen LogP contribution >= 0.6 is 0 Å². The molecule has 1 aromatic rings. The molecule has 0 aromatic heterocycles. The van der Waals surface area contributed by atoms with Gasteiger partial charge in [-0.05, 0) is 45.5 Å². The van der Waals surface area contributed by atoms with E-state index in [2.05, 4.69) is 68.0 Å². The molecule has 0 amide bonds. The van der Waals surface area contributed by atoms with Crippen molar-refractivity contribution in [2.24, 2.45) is 0 Å². The molecule has 0 spiro atoms. The van der Waals surface area contributed by atoms with Crippen LogP contribution in [0, 0.1) is 18.3 Å². The van der Waals surface area contributed by atoms with Gasteiger partial charge in [-0.2, -0.15) is 5.26 Å². The summed E-state index contributed by atoms with van der Waals surface area (Å²) in [5.74, 6) is 0. The van der Waals surface area contributed by atoms with Crippen LogP contribution in [0.1, 0.15) is 25.8 Å². The lowest BCUT2D eigenvalue weighted by Crippen LogP contribution is -2.62. The molecular formula is C16H23N3. The number of aryl methyl sites for hydroxylation is 1. The second-order valence-corrected chi connectivity index (χ2v) is 6.18. The van der Waals surface area contributed by atoms with Gasteiger partial charge in [-0.1, -0.05) is 12.1 Å². The highest BCUT2D eigenvalue weighted by Crippen LogP contribution is 2.29. The van der Waals surface area contributed by atoms with Crippen molar-refractivity contribution in [3.05, 3.63) is 29.8 Å². The molecular weight excluding hydrogens is 234 g/mol. The molecule has 0 aliphatic carbocycles. The molecule has 1 aliphatic rings. The van der Waals surface area contributed by atoms with Gasteiger partial charge in [0.25, 0.3) is 0 Å². The summed E-state index contributed by atoms with van der Waals surface area (Å²) in [6.07, 6.45) is 0.578. The Morgan fingerprint density at radius 2 is 2.16 bits per heavy atom. The maximum Gasteiger partial charge on any atom is 0.0643 e. The molecule has 1 fully saturated rings. The van der Waals surface area contributed by atoms with Crippen molar-refractivity contribution in [2.45, 2.75) is 38.8 Å². The lowest BCUT2D eigenvalue weighted by Gasteiger charge is -2.50. The first kappa shape index (κ1) is 13.9. The largest absolute Gasteiger partial charge is 0.364 e. The number of hydrogen-bond acceptors (Lipinski definition) is 3. The fraction of sp³-hybridized carbons (Fsp3) is 0.562. The smallest absolute Gasteiger partial charge is 0.0643 e. The molecule has 1 aromatic carbocycles. The van der Waals surface area contributed by atoms with Crippen molar-refractivity contribution in [1.29, 1.82) is 5.26 Å². The zero-order valence-corrected chi connectivity index (χ0v) is 12.3. The van der Waals surface area contributed by atoms with Crippen molar-refractivity contribution >= 4 is 5.69 Å². The number of nitrogens with zero attached hydrogens (tertiary/aromatic N) is 3. The lowest BCUT2D eigenvalue weighted by molar-refractivity contribution is 0.115. The third-order valence-corrected chi connectivity index (χ3v) is 4.18. The van der Waals surface area contributed by atoms with Crippen LogP contribution in [0.15, 0.2) is 24.3 Å². The fourth-order valence-corrected chi connectivity index (χ4v) is 2.72. The predicted octanol–water partition coefficient (Wildman–Crippen LogP) is 2.81. The van der Waals surface area contributed by atoms with E-state index in [0.717, 1.165) is 13.1 Å². The maximum absolute atomic E-state index is 9.06. The van der Waals surface area contributed by atoms with E-state index in [4.69, 9.17) is 5.26 Å². The van der Waals surface area contributed by atoms with E-state index in [0.29, 0.717) is 6.42 Å². The molecule has 102 valence electrons. The Kier molecular flexibility index (Phi) is 3.82. The topological polar surface area (TPSA) is 30.3 Å². The van der Waals surface area contributed by atoms with E-state index >= 15 is 0 Å². The van der Waals surface area contributed by atoms with Crippen molar-refractivity contribution in [3.63, 3.8) is 0 Å². The molecule has 1 unspecified atom stereocenters. The first-order chi connectivity index (χ1) is 8.94. The van der Waals surface area contributed by atoms with Gasteiger partial charge >= 0.3 is 0 Å². The van der Waals surface area contributed by atoms with Crippen LogP contribution in [-0.4, -0.2) is 36.6 Å². The third-order valence-electron chi connectivity index (χ3n) is 4.18. The first-order valence-electron chi connectivity index (χ1n) is 6.85. The second kappa shape index (κ2) is 5.22. The zero-order valence-electron chi connectivity index (χ0n) is 12.3. The molecule has 1 aliphatic heterocycles. The van der Waals surface area contributed by atoms with E-state index in [1.807, 2.05) is 0 Å². The standard InChI is InChI=1S/C16H23N3/c1-13-6-5-7-14(10-13)19-12-16(2,3)18(4)11-15(19)8-9-17/h5-7,10,15H,8,11-12H2,1-4H3. The molecule has 1 heterocycles. The minimum Gasteiger partial charge on any atom is -0.364 e. The summed E-state index contributed by atoms with van der Waals surface area (Å²) in [7, 11) is 2.15. The summed E-state index contributed by atoms with van der Waals surface area (Å²) < 4.78 is 0. The van der Waals surface area contributed by atoms with E-state index in [1.54, 1.807) is 0 Å². The van der Waals surface area contributed by atoms with Crippen LogP contribution in [-0.2, 0) is 0 Å². The fourth-order valence-electron chi connectivity index (χ4n) is 2.72. The van der Waals surface area contributed by atoms with Gasteiger partial charge in [0.15, 0.2) is 0 Å². The quantitative estimate of drug-likeness (QED) is 0.816. The van der Waals surface area contributed by atoms with E-state index < -0.39 is 0 Å². The van der Waals surface area contributed by atoms with Gasteiger partial charge in [-0.25, -0.2) is 0 Å². The highest BCUT2D eigenvalue weighted by Gasteiger charge is 2.36. The van der Waals surface area contributed by atoms with E-state index in [1.165, 1.54) is 11.3 Å². The van der Waals surface area contributed by atoms with Gasteiger partial charge < -0.3 is 4.90 Å². The Hall–Kier alpha value is -1.53. The van der Waals surface area contributed by atoms with Crippen molar-refractivity contribution < 1.29 is 0 Å². The highest BCUT2D eigenvalue weighted by atomic mass is 15.3. The Balaban J connectivity index is 2.31. The number of nitriles is 1. The van der Waals surface area contributed by atoms with Crippen molar-refractivity contribution in [3.8, 4) is 6.07 Å². The van der Waals surface area contributed by atoms with Gasteiger partial charge in [-0.15, -0.1) is 0 Å². The Bertz CT molecular complexity index is 487. The van der Waals surface area contributed by atoms with Crippen molar-refractivity contribution in [1.82, 2.24) is 4.90 Å². The van der Waals surface area contributed by atoms with Crippen LogP contribution in [0.2, 0.25) is 0 Å². The van der Waals surface area contributed by atoms with Crippen LogP contribution in [0.5, 0.6) is 0 Å². The summed E-state index contributed by atoms with van der Waals surface area (Å²) in [6.45, 7) is 8.54. The molecule has 3 heteroatoms. The van der Waals surface area contributed by atoms with E-state index in [9.17, 15) is 0 Å². The van der Waals surface area contributed by atoms with Crippen LogP contribution in [0.3, 0.4) is 0 Å². The van der Waals surface area contributed by atoms with E-state index in [-0.39, 0.29) is 11.6 Å². The molecule has 3 nitrogen and oxygen atoms in total. The molecule has 19 heavy (non-hydrogen) atoms. The molecule has 1 atom stereocenters. The van der Waals surface area contributed by atoms with Crippen molar-refractivity contribution in [2.75, 3.05) is 25.0 Å². The summed E-state index contributed by atoms with van der Waals surface area (Å²) in [6, 6.07) is 11.2. The predicted molar refractivity (Wildman–Crippen MR) is 79.3 cm³/mol. The summed E-state index contributed by atoms with van der Waals surface area (Å²) in [4.78, 5) is 4.76. The summed E-state index contributed by atoms with van der Waals surface area (Å²) in [5.41, 5.74) is 2.64. The maximum atomic E-state index is 9.06. The van der Waals surface area contributed by atoms with Gasteiger partial charge in [0.1, 0.15) is 0 Å². The summed E-state index contributed by atoms with van der Waals surface area (Å²) in [5, 5.41) is 9.06. The lowest BCUT2D eigenvalue weighted by atomic mass is 9.94. The summed E-state index contributed by atoms with van der Waals surface area (Å²) >= 11 is 0. The van der Waals surface area contributed by atoms with Crippen LogP contribution in [0.25, 0.3) is 0 Å². The van der Waals surface area contributed by atoms with Gasteiger partial charge in [0.2, 0.25) is 0 Å². The third kappa shape index (κ3) is 2.90. The zero-order chi connectivity index (χ0) is 14.0. The van der Waals surface area contributed by atoms with Gasteiger partial charge in [0, 0.05) is 24.3 Å². The van der Waals surface area contributed by atoms with Crippen LogP contribution < -0.4 is 4.90 Å². The number of rotatable bonds is 2. The normalized spacial score (nSPS) is 23.1. The highest BCUT2D eigenvalue weighted by molar-refractivity contribution is 5.50. The molecule has 0 bridgehead atoms. The van der Waals surface area contributed by atoms with Gasteiger partial charge in [-0.3, -0.25) is 4.90 Å². The number of likely N-dealkylation sites (N-methyl/N-ethyl adjacent to an activating group) is 1. The van der Waals surface area contributed by atoms with Gasteiger partial charge in [0.05, 0.1) is 18.5 Å². The number of hydrogen-bond donors (Lipinski definition) is 0. The SMILES string of the molecule is Cc1cccc(N2CC(C)(C)N(C)CC2CC#N)c1. The number of piperazine rings is 1. The van der Waals surface area contributed by atoms with Crippen LogP contribution in [0.4, 0.5) is 5.69 Å². The molecule has 0 radical (unpaired) electrons. The second-order valence-electron chi connectivity index (χ2n) is 6.18. The molecule has 0 saturated carbocycles. The average molecular weight is 257 g/mol. The minimum absolute atomic E-state index is 0.135. The molecule has 0 N–H and O–H groups in total. The number of benzene rings is 1. The Morgan fingerprint density at radius 1 is 1.42 bits per heavy atom. The molecule has 1 saturated heterocycles.